The van der Waals surface area contributed by atoms with Gasteiger partial charge in [-0.05, 0) is 73.0 Å². The van der Waals surface area contributed by atoms with Crippen molar-refractivity contribution in [3.05, 3.63) is 107 Å². The molecular formula is C33H34O5. The molecule has 0 radical (unpaired) electrons. The molecule has 4 atom stereocenters. The minimum Gasteiger partial charge on any atom is -0.460 e. The van der Waals surface area contributed by atoms with Crippen LogP contribution in [0.3, 0.4) is 0 Å². The SMILES string of the molecule is CC(=O)c1ccc([C@H]2CC[C@H]3[C@@H]2CC[C@H]3C(C(=O)OCc2ccccc2)C(=O)OCc2ccccc2)cc1. The maximum Gasteiger partial charge on any atom is 0.320 e. The highest BCUT2D eigenvalue weighted by atomic mass is 16.6. The molecule has 38 heavy (non-hydrogen) atoms. The van der Waals surface area contributed by atoms with Gasteiger partial charge in [-0.15, -0.1) is 0 Å². The van der Waals surface area contributed by atoms with Crippen molar-refractivity contribution in [3.8, 4) is 0 Å². The van der Waals surface area contributed by atoms with E-state index < -0.39 is 17.9 Å². The zero-order chi connectivity index (χ0) is 26.5. The van der Waals surface area contributed by atoms with Gasteiger partial charge in [0.1, 0.15) is 13.2 Å². The fourth-order valence-electron chi connectivity index (χ4n) is 6.52. The summed E-state index contributed by atoms with van der Waals surface area (Å²) in [5.74, 6) is -0.941. The number of carbonyl (C=O) groups excluding carboxylic acids is 3. The summed E-state index contributed by atoms with van der Waals surface area (Å²) in [6.45, 7) is 1.85. The van der Waals surface area contributed by atoms with Crippen LogP contribution < -0.4 is 0 Å². The van der Waals surface area contributed by atoms with Gasteiger partial charge in [0.05, 0.1) is 0 Å². The number of benzene rings is 3. The number of hydrogen-bond acceptors (Lipinski definition) is 5. The number of hydrogen-bond donors (Lipinski definition) is 0. The van der Waals surface area contributed by atoms with Crippen LogP contribution in [0.4, 0.5) is 0 Å². The molecule has 3 aromatic carbocycles. The molecular weight excluding hydrogens is 476 g/mol. The van der Waals surface area contributed by atoms with E-state index >= 15 is 0 Å². The second-order valence-electron chi connectivity index (χ2n) is 10.6. The van der Waals surface area contributed by atoms with Crippen LogP contribution in [0.5, 0.6) is 0 Å². The molecule has 2 aliphatic carbocycles. The molecule has 196 valence electrons. The molecule has 0 heterocycles. The Hall–Kier alpha value is -3.73. The molecule has 0 bridgehead atoms. The number of fused-ring (bicyclic) bond motifs is 1. The van der Waals surface area contributed by atoms with Gasteiger partial charge in [0.25, 0.3) is 0 Å². The molecule has 2 fully saturated rings. The van der Waals surface area contributed by atoms with E-state index in [2.05, 4.69) is 12.1 Å². The van der Waals surface area contributed by atoms with E-state index in [1.165, 1.54) is 5.56 Å². The van der Waals surface area contributed by atoms with E-state index in [0.29, 0.717) is 11.8 Å². The number of carbonyl (C=O) groups is 3. The van der Waals surface area contributed by atoms with Crippen LogP contribution in [0.15, 0.2) is 84.9 Å². The number of rotatable bonds is 9. The molecule has 0 aromatic heterocycles. The molecule has 5 nitrogen and oxygen atoms in total. The Morgan fingerprint density at radius 1 is 0.684 bits per heavy atom. The van der Waals surface area contributed by atoms with Gasteiger partial charge in [0, 0.05) is 5.56 Å². The monoisotopic (exact) mass is 510 g/mol. The van der Waals surface area contributed by atoms with Crippen LogP contribution >= 0.6 is 0 Å². The lowest BCUT2D eigenvalue weighted by atomic mass is 9.80. The lowest BCUT2D eigenvalue weighted by Gasteiger charge is -2.26. The van der Waals surface area contributed by atoms with Crippen LogP contribution in [0.2, 0.25) is 0 Å². The van der Waals surface area contributed by atoms with E-state index in [0.717, 1.165) is 42.4 Å². The lowest BCUT2D eigenvalue weighted by Crippen LogP contribution is -2.36. The van der Waals surface area contributed by atoms with Crippen molar-refractivity contribution in [1.29, 1.82) is 0 Å². The van der Waals surface area contributed by atoms with E-state index in [-0.39, 0.29) is 30.8 Å². The molecule has 5 rings (SSSR count). The predicted molar refractivity (Wildman–Crippen MR) is 144 cm³/mol. The van der Waals surface area contributed by atoms with Crippen molar-refractivity contribution in [2.75, 3.05) is 0 Å². The Morgan fingerprint density at radius 2 is 1.21 bits per heavy atom. The fourth-order valence-corrected chi connectivity index (χ4v) is 6.52. The first-order valence-electron chi connectivity index (χ1n) is 13.5. The van der Waals surface area contributed by atoms with Gasteiger partial charge >= 0.3 is 11.9 Å². The molecule has 0 amide bonds. The maximum absolute atomic E-state index is 13.4. The first-order valence-corrected chi connectivity index (χ1v) is 13.5. The highest BCUT2D eigenvalue weighted by Gasteiger charge is 2.52. The Kier molecular flexibility index (Phi) is 8.02. The first-order chi connectivity index (χ1) is 18.5. The number of ether oxygens (including phenoxy) is 2. The largest absolute Gasteiger partial charge is 0.460 e. The molecule has 0 spiro atoms. The minimum absolute atomic E-state index is 0.0626. The van der Waals surface area contributed by atoms with Crippen molar-refractivity contribution in [3.63, 3.8) is 0 Å². The number of esters is 2. The molecule has 2 aliphatic rings. The number of ketones is 1. The minimum atomic E-state index is -0.934. The van der Waals surface area contributed by atoms with Gasteiger partial charge in [0.2, 0.25) is 0 Å². The van der Waals surface area contributed by atoms with Gasteiger partial charge in [0.15, 0.2) is 11.7 Å². The van der Waals surface area contributed by atoms with Crippen molar-refractivity contribution in [1.82, 2.24) is 0 Å². The summed E-state index contributed by atoms with van der Waals surface area (Å²) in [5.41, 5.74) is 3.72. The average Bonchev–Trinajstić information content (AvgIpc) is 3.55. The van der Waals surface area contributed by atoms with Gasteiger partial charge < -0.3 is 9.47 Å². The van der Waals surface area contributed by atoms with E-state index in [1.54, 1.807) is 6.92 Å². The summed E-state index contributed by atoms with van der Waals surface area (Å²) in [5, 5.41) is 0. The van der Waals surface area contributed by atoms with Crippen molar-refractivity contribution < 1.29 is 23.9 Å². The second-order valence-corrected chi connectivity index (χ2v) is 10.6. The second kappa shape index (κ2) is 11.8. The molecule has 2 saturated carbocycles. The molecule has 3 aromatic rings. The third kappa shape index (κ3) is 5.72. The Balaban J connectivity index is 1.32. The molecule has 0 aliphatic heterocycles. The zero-order valence-corrected chi connectivity index (χ0v) is 21.8. The smallest absolute Gasteiger partial charge is 0.320 e. The third-order valence-corrected chi connectivity index (χ3v) is 8.39. The van der Waals surface area contributed by atoms with Crippen molar-refractivity contribution in [2.45, 2.75) is 51.7 Å². The highest BCUT2D eigenvalue weighted by molar-refractivity contribution is 5.95. The molecule has 0 N–H and O–H groups in total. The van der Waals surface area contributed by atoms with Gasteiger partial charge in [-0.2, -0.15) is 0 Å². The standard InChI is InChI=1S/C33H34O5/c1-22(34)25-12-14-26(15-13-25)27-16-17-29-28(27)18-19-30(29)31(32(35)37-20-23-8-4-2-5-9-23)33(36)38-21-24-10-6-3-7-11-24/h2-15,27-31H,16-21H2,1H3/t27-,28-,29+,30-/m1/s1. The van der Waals surface area contributed by atoms with Crippen LogP contribution in [-0.4, -0.2) is 17.7 Å². The van der Waals surface area contributed by atoms with E-state index in [4.69, 9.17) is 9.47 Å². The van der Waals surface area contributed by atoms with Gasteiger partial charge in [-0.1, -0.05) is 84.9 Å². The zero-order valence-electron chi connectivity index (χ0n) is 21.8. The summed E-state index contributed by atoms with van der Waals surface area (Å²) in [6.07, 6.45) is 3.73. The molecule has 5 heteroatoms. The van der Waals surface area contributed by atoms with Gasteiger partial charge in [-0.25, -0.2) is 0 Å². The maximum atomic E-state index is 13.4. The van der Waals surface area contributed by atoms with Crippen LogP contribution in [0.1, 0.15) is 65.6 Å². The molecule has 0 unspecified atom stereocenters. The van der Waals surface area contributed by atoms with Crippen LogP contribution in [-0.2, 0) is 32.3 Å². The first kappa shape index (κ1) is 25.9. The van der Waals surface area contributed by atoms with E-state index in [9.17, 15) is 14.4 Å². The summed E-state index contributed by atoms with van der Waals surface area (Å²) in [6, 6.07) is 27.0. The van der Waals surface area contributed by atoms with Gasteiger partial charge in [-0.3, -0.25) is 14.4 Å². The van der Waals surface area contributed by atoms with Crippen LogP contribution in [0, 0.1) is 23.7 Å². The average molecular weight is 511 g/mol. The highest BCUT2D eigenvalue weighted by Crippen LogP contribution is 2.56. The molecule has 0 saturated heterocycles. The van der Waals surface area contributed by atoms with E-state index in [1.807, 2.05) is 72.8 Å². The number of Topliss-reactive ketones (excluding diaryl/α,β-unsaturated/α-hetero) is 1. The Bertz CT molecular complexity index is 1200. The topological polar surface area (TPSA) is 69.7 Å². The summed E-state index contributed by atoms with van der Waals surface area (Å²) < 4.78 is 11.4. The Morgan fingerprint density at radius 3 is 1.74 bits per heavy atom. The summed E-state index contributed by atoms with van der Waals surface area (Å²) in [4.78, 5) is 38.6. The quantitative estimate of drug-likeness (QED) is 0.186. The normalized spacial score (nSPS) is 22.2. The van der Waals surface area contributed by atoms with Crippen molar-refractivity contribution >= 4 is 17.7 Å². The Labute approximate surface area is 224 Å². The van der Waals surface area contributed by atoms with Crippen LogP contribution in [0.25, 0.3) is 0 Å². The summed E-state index contributed by atoms with van der Waals surface area (Å²) >= 11 is 0. The van der Waals surface area contributed by atoms with Crippen molar-refractivity contribution in [2.24, 2.45) is 23.7 Å². The fraction of sp³-hybridized carbons (Fsp3) is 0.364. The third-order valence-electron chi connectivity index (χ3n) is 8.39. The summed E-state index contributed by atoms with van der Waals surface area (Å²) in [7, 11) is 0. The predicted octanol–water partition coefficient (Wildman–Crippen LogP) is 6.51. The lowest BCUT2D eigenvalue weighted by molar-refractivity contribution is -0.167.